The Kier molecular flexibility index (Phi) is 10.1. The Hall–Kier alpha value is -1.42. The molecule has 2 aliphatic rings. The van der Waals surface area contributed by atoms with Gasteiger partial charge in [0, 0.05) is 51.7 Å². The molecule has 1 aliphatic heterocycles. The van der Waals surface area contributed by atoms with Crippen LogP contribution in [0.25, 0.3) is 0 Å². The van der Waals surface area contributed by atoms with E-state index >= 15 is 0 Å². The number of aliphatic imine (C=N–C) groups is 1. The lowest BCUT2D eigenvalue weighted by atomic mass is 9.84. The molecule has 8 heteroatoms. The van der Waals surface area contributed by atoms with E-state index in [1.165, 1.54) is 18.6 Å². The predicted molar refractivity (Wildman–Crippen MR) is 125 cm³/mol. The lowest BCUT2D eigenvalue weighted by Gasteiger charge is -2.38. The van der Waals surface area contributed by atoms with Gasteiger partial charge in [0.2, 0.25) is 5.91 Å². The third kappa shape index (κ3) is 7.40. The molecular formula is C21H33FIN5O. The number of carbonyl (C=O) groups excluding carboxylic acids is 1. The SMILES string of the molecule is CCNC(=NCc1ccc(F)cc1)NCCN1CCN(C(=O)C2CCC2)CC1.I. The number of hydrogen-bond donors (Lipinski definition) is 2. The summed E-state index contributed by atoms with van der Waals surface area (Å²) in [5, 5.41) is 6.61. The molecule has 1 saturated heterocycles. The van der Waals surface area contributed by atoms with Crippen molar-refractivity contribution in [2.45, 2.75) is 32.7 Å². The summed E-state index contributed by atoms with van der Waals surface area (Å²) in [6.45, 7) is 8.61. The van der Waals surface area contributed by atoms with Crippen LogP contribution in [0.1, 0.15) is 31.7 Å². The normalized spacial score (nSPS) is 18.0. The first-order valence-corrected chi connectivity index (χ1v) is 10.4. The topological polar surface area (TPSA) is 60.0 Å². The van der Waals surface area contributed by atoms with Crippen molar-refractivity contribution < 1.29 is 9.18 Å². The van der Waals surface area contributed by atoms with Crippen molar-refractivity contribution in [3.05, 3.63) is 35.6 Å². The van der Waals surface area contributed by atoms with E-state index in [-0.39, 0.29) is 29.8 Å². The molecule has 0 atom stereocenters. The van der Waals surface area contributed by atoms with Crippen molar-refractivity contribution in [2.24, 2.45) is 10.9 Å². The monoisotopic (exact) mass is 517 g/mol. The molecule has 3 rings (SSSR count). The van der Waals surface area contributed by atoms with Crippen LogP contribution >= 0.6 is 24.0 Å². The summed E-state index contributed by atoms with van der Waals surface area (Å²) in [6.07, 6.45) is 3.36. The number of amides is 1. The van der Waals surface area contributed by atoms with Crippen LogP contribution in [-0.2, 0) is 11.3 Å². The van der Waals surface area contributed by atoms with Gasteiger partial charge in [0.15, 0.2) is 5.96 Å². The molecule has 1 amide bonds. The Morgan fingerprint density at radius 2 is 1.83 bits per heavy atom. The molecule has 162 valence electrons. The summed E-state index contributed by atoms with van der Waals surface area (Å²) in [6, 6.07) is 6.43. The zero-order valence-electron chi connectivity index (χ0n) is 17.2. The van der Waals surface area contributed by atoms with E-state index in [1.54, 1.807) is 12.1 Å². The zero-order chi connectivity index (χ0) is 19.8. The van der Waals surface area contributed by atoms with Crippen LogP contribution in [0.5, 0.6) is 0 Å². The molecule has 0 unspecified atom stereocenters. The minimum atomic E-state index is -0.229. The molecule has 2 fully saturated rings. The highest BCUT2D eigenvalue weighted by Gasteiger charge is 2.30. The molecule has 1 aliphatic carbocycles. The summed E-state index contributed by atoms with van der Waals surface area (Å²) >= 11 is 0. The fourth-order valence-corrected chi connectivity index (χ4v) is 3.54. The minimum absolute atomic E-state index is 0. The summed E-state index contributed by atoms with van der Waals surface area (Å²) in [4.78, 5) is 21.3. The number of guanidine groups is 1. The molecule has 1 saturated carbocycles. The van der Waals surface area contributed by atoms with Crippen LogP contribution in [0, 0.1) is 11.7 Å². The summed E-state index contributed by atoms with van der Waals surface area (Å²) in [7, 11) is 0. The molecule has 0 aromatic heterocycles. The molecule has 29 heavy (non-hydrogen) atoms. The lowest BCUT2D eigenvalue weighted by Crippen LogP contribution is -2.52. The van der Waals surface area contributed by atoms with E-state index in [9.17, 15) is 9.18 Å². The fourth-order valence-electron chi connectivity index (χ4n) is 3.54. The Labute approximate surface area is 190 Å². The number of halogens is 2. The van der Waals surface area contributed by atoms with Crippen LogP contribution in [-0.4, -0.2) is 67.5 Å². The van der Waals surface area contributed by atoms with E-state index < -0.39 is 0 Å². The molecular weight excluding hydrogens is 484 g/mol. The van der Waals surface area contributed by atoms with Crippen LogP contribution in [0.3, 0.4) is 0 Å². The van der Waals surface area contributed by atoms with Gasteiger partial charge < -0.3 is 15.5 Å². The number of carbonyl (C=O) groups is 1. The number of nitrogens with one attached hydrogen (secondary N) is 2. The molecule has 1 heterocycles. The van der Waals surface area contributed by atoms with Crippen molar-refractivity contribution in [1.29, 1.82) is 0 Å². The Morgan fingerprint density at radius 1 is 1.14 bits per heavy atom. The molecule has 0 spiro atoms. The Balaban J connectivity index is 0.00000300. The minimum Gasteiger partial charge on any atom is -0.357 e. The van der Waals surface area contributed by atoms with Gasteiger partial charge in [-0.15, -0.1) is 24.0 Å². The van der Waals surface area contributed by atoms with Gasteiger partial charge in [-0.1, -0.05) is 18.6 Å². The molecule has 0 bridgehead atoms. The largest absolute Gasteiger partial charge is 0.357 e. The number of rotatable bonds is 7. The fraction of sp³-hybridized carbons (Fsp3) is 0.619. The molecule has 1 aromatic rings. The third-order valence-electron chi connectivity index (χ3n) is 5.54. The second-order valence-electron chi connectivity index (χ2n) is 7.54. The highest BCUT2D eigenvalue weighted by molar-refractivity contribution is 14.0. The van der Waals surface area contributed by atoms with Gasteiger partial charge in [-0.2, -0.15) is 0 Å². The van der Waals surface area contributed by atoms with Crippen molar-refractivity contribution >= 4 is 35.8 Å². The van der Waals surface area contributed by atoms with Crippen LogP contribution in [0.2, 0.25) is 0 Å². The predicted octanol–water partition coefficient (Wildman–Crippen LogP) is 2.44. The number of benzene rings is 1. The van der Waals surface area contributed by atoms with Gasteiger partial charge in [0.05, 0.1) is 6.54 Å². The maximum Gasteiger partial charge on any atom is 0.225 e. The Morgan fingerprint density at radius 3 is 2.41 bits per heavy atom. The summed E-state index contributed by atoms with van der Waals surface area (Å²) in [5.41, 5.74) is 0.978. The van der Waals surface area contributed by atoms with Gasteiger partial charge in [0.1, 0.15) is 5.82 Å². The van der Waals surface area contributed by atoms with E-state index in [0.29, 0.717) is 18.4 Å². The first kappa shape index (κ1) is 23.9. The average Bonchev–Trinajstić information content (AvgIpc) is 2.66. The van der Waals surface area contributed by atoms with Gasteiger partial charge in [-0.25, -0.2) is 9.38 Å². The maximum atomic E-state index is 13.0. The van der Waals surface area contributed by atoms with Crippen molar-refractivity contribution in [2.75, 3.05) is 45.8 Å². The van der Waals surface area contributed by atoms with E-state index in [2.05, 4.69) is 20.5 Å². The second kappa shape index (κ2) is 12.3. The standard InChI is InChI=1S/C21H32FN5O.HI/c1-2-23-21(25-16-17-6-8-19(22)9-7-17)24-10-11-26-12-14-27(15-13-26)20(28)18-4-3-5-18;/h6-9,18H,2-5,10-16H2,1H3,(H2,23,24,25);1H. The number of nitrogens with zero attached hydrogens (tertiary/aromatic N) is 3. The molecule has 0 radical (unpaired) electrons. The highest BCUT2D eigenvalue weighted by Crippen LogP contribution is 2.28. The third-order valence-corrected chi connectivity index (χ3v) is 5.54. The molecule has 2 N–H and O–H groups in total. The smallest absolute Gasteiger partial charge is 0.225 e. The van der Waals surface area contributed by atoms with E-state index in [4.69, 9.17) is 0 Å². The van der Waals surface area contributed by atoms with Gasteiger partial charge >= 0.3 is 0 Å². The first-order valence-electron chi connectivity index (χ1n) is 10.4. The van der Waals surface area contributed by atoms with Crippen LogP contribution in [0.15, 0.2) is 29.3 Å². The zero-order valence-corrected chi connectivity index (χ0v) is 19.5. The van der Waals surface area contributed by atoms with Gasteiger partial charge in [-0.3, -0.25) is 9.69 Å². The van der Waals surface area contributed by atoms with E-state index in [0.717, 1.165) is 70.2 Å². The number of hydrogen-bond acceptors (Lipinski definition) is 3. The molecule has 6 nitrogen and oxygen atoms in total. The van der Waals surface area contributed by atoms with Crippen LogP contribution < -0.4 is 10.6 Å². The quantitative estimate of drug-likeness (QED) is 0.332. The molecule has 1 aromatic carbocycles. The van der Waals surface area contributed by atoms with Crippen molar-refractivity contribution in [1.82, 2.24) is 20.4 Å². The average molecular weight is 517 g/mol. The maximum absolute atomic E-state index is 13.0. The first-order chi connectivity index (χ1) is 13.7. The number of piperazine rings is 1. The van der Waals surface area contributed by atoms with Crippen LogP contribution in [0.4, 0.5) is 4.39 Å². The lowest BCUT2D eigenvalue weighted by molar-refractivity contribution is -0.139. The van der Waals surface area contributed by atoms with Gasteiger partial charge in [-0.05, 0) is 37.5 Å². The van der Waals surface area contributed by atoms with Crippen molar-refractivity contribution in [3.63, 3.8) is 0 Å². The summed E-state index contributed by atoms with van der Waals surface area (Å²) < 4.78 is 13.0. The highest BCUT2D eigenvalue weighted by atomic mass is 127. The Bertz CT molecular complexity index is 658. The summed E-state index contributed by atoms with van der Waals surface area (Å²) in [5.74, 6) is 1.21. The van der Waals surface area contributed by atoms with E-state index in [1.807, 2.05) is 11.8 Å². The van der Waals surface area contributed by atoms with Gasteiger partial charge in [0.25, 0.3) is 0 Å². The van der Waals surface area contributed by atoms with Crippen molar-refractivity contribution in [3.8, 4) is 0 Å². The second-order valence-corrected chi connectivity index (χ2v) is 7.54.